The van der Waals surface area contributed by atoms with Crippen LogP contribution in [0.1, 0.15) is 102 Å². The maximum absolute atomic E-state index is 12.4. The van der Waals surface area contributed by atoms with Gasteiger partial charge in [0.25, 0.3) is 0 Å². The van der Waals surface area contributed by atoms with Crippen molar-refractivity contribution in [3.8, 4) is 11.5 Å². The number of phenols is 2. The number of aryl methyl sites for hydroxylation is 2. The van der Waals surface area contributed by atoms with Crippen LogP contribution < -0.4 is 0 Å². The number of esters is 2. The molecule has 0 saturated heterocycles. The molecule has 0 heterocycles. The van der Waals surface area contributed by atoms with Crippen LogP contribution in [0.3, 0.4) is 0 Å². The highest BCUT2D eigenvalue weighted by atomic mass is 32.2. The molecular weight excluding hydrogens is 584 g/mol. The van der Waals surface area contributed by atoms with Crippen molar-refractivity contribution in [2.75, 3.05) is 24.7 Å². The van der Waals surface area contributed by atoms with Crippen LogP contribution >= 0.6 is 11.8 Å². The largest absolute Gasteiger partial charge is 0.507 e. The number of hydrogen-bond acceptors (Lipinski definition) is 7. The third kappa shape index (κ3) is 15.0. The van der Waals surface area contributed by atoms with Gasteiger partial charge in [-0.3, -0.25) is 9.59 Å². The second-order valence-electron chi connectivity index (χ2n) is 14.0. The molecule has 0 aliphatic heterocycles. The van der Waals surface area contributed by atoms with Crippen LogP contribution in [0, 0.1) is 23.7 Å². The average Bonchev–Trinajstić information content (AvgIpc) is 2.93. The van der Waals surface area contributed by atoms with Gasteiger partial charge < -0.3 is 19.7 Å². The average molecular weight is 643 g/mol. The minimum Gasteiger partial charge on any atom is -0.507 e. The molecule has 2 N–H and O–H groups in total. The lowest BCUT2D eigenvalue weighted by molar-refractivity contribution is -0.143. The molecule has 2 rings (SSSR count). The van der Waals surface area contributed by atoms with E-state index in [4.69, 9.17) is 9.47 Å². The highest BCUT2D eigenvalue weighted by Gasteiger charge is 2.16. The van der Waals surface area contributed by atoms with Crippen molar-refractivity contribution in [3.05, 3.63) is 57.6 Å². The molecule has 0 fully saturated rings. The Bertz CT molecular complexity index is 1060. The summed E-state index contributed by atoms with van der Waals surface area (Å²) in [6.07, 6.45) is 4.98. The van der Waals surface area contributed by atoms with E-state index in [-0.39, 0.29) is 11.9 Å². The lowest BCUT2D eigenvalue weighted by atomic mass is 9.92. The first-order chi connectivity index (χ1) is 21.2. The summed E-state index contributed by atoms with van der Waals surface area (Å²) < 4.78 is 10.9. The Balaban J connectivity index is 1.70. The summed E-state index contributed by atoms with van der Waals surface area (Å²) in [5.74, 6) is 3.35. The van der Waals surface area contributed by atoms with Crippen LogP contribution in [0.2, 0.25) is 0 Å². The number of thioether (sulfide) groups is 1. The molecule has 0 radical (unpaired) electrons. The van der Waals surface area contributed by atoms with E-state index in [2.05, 4.69) is 55.4 Å². The molecule has 0 aromatic heterocycles. The standard InChI is InChI=1S/C38H58O6S/c1-25(2)17-31-21-29(22-32(37(31)41)18-26(3)4)9-11-35(39)43-13-15-45-16-14-44-36(40)12-10-30-23-33(19-27(5)6)38(42)34(24-30)20-28(7)8/h21-28,41-42H,9-20H2,1-8H3. The monoisotopic (exact) mass is 642 g/mol. The van der Waals surface area contributed by atoms with E-state index in [0.717, 1.165) is 59.1 Å². The summed E-state index contributed by atoms with van der Waals surface area (Å²) in [6.45, 7) is 17.7. The SMILES string of the molecule is CC(C)Cc1cc(CCC(=O)OCCSCCOC(=O)CCc2cc(CC(C)C)c(O)c(CC(C)C)c2)cc(CC(C)C)c1O. The van der Waals surface area contributed by atoms with E-state index in [0.29, 0.717) is 85.6 Å². The van der Waals surface area contributed by atoms with Gasteiger partial charge in [0.2, 0.25) is 0 Å². The fourth-order valence-electron chi connectivity index (χ4n) is 5.50. The van der Waals surface area contributed by atoms with Gasteiger partial charge in [-0.05, 0) is 95.6 Å². The quantitative estimate of drug-likeness (QED) is 0.111. The maximum Gasteiger partial charge on any atom is 0.306 e. The molecule has 2 aromatic carbocycles. The number of aromatic hydroxyl groups is 2. The van der Waals surface area contributed by atoms with Crippen LogP contribution in [-0.4, -0.2) is 46.9 Å². The van der Waals surface area contributed by atoms with E-state index in [1.54, 1.807) is 11.8 Å². The first-order valence-corrected chi connectivity index (χ1v) is 18.0. The summed E-state index contributed by atoms with van der Waals surface area (Å²) >= 11 is 1.59. The molecular formula is C38H58O6S. The third-order valence-corrected chi connectivity index (χ3v) is 8.30. The molecule has 0 saturated carbocycles. The minimum absolute atomic E-state index is 0.228. The maximum atomic E-state index is 12.4. The van der Waals surface area contributed by atoms with Gasteiger partial charge in [-0.15, -0.1) is 0 Å². The molecule has 0 amide bonds. The number of carbonyl (C=O) groups is 2. The summed E-state index contributed by atoms with van der Waals surface area (Å²) in [6, 6.07) is 8.12. The van der Waals surface area contributed by atoms with Crippen molar-refractivity contribution in [3.63, 3.8) is 0 Å². The lowest BCUT2D eigenvalue weighted by Crippen LogP contribution is -2.11. The van der Waals surface area contributed by atoms with E-state index in [1.165, 1.54) is 0 Å². The van der Waals surface area contributed by atoms with Crippen molar-refractivity contribution in [2.24, 2.45) is 23.7 Å². The number of ether oxygens (including phenoxy) is 2. The predicted molar refractivity (Wildman–Crippen MR) is 186 cm³/mol. The zero-order valence-corrected chi connectivity index (χ0v) is 29.9. The van der Waals surface area contributed by atoms with E-state index >= 15 is 0 Å². The smallest absolute Gasteiger partial charge is 0.306 e. The second-order valence-corrected chi connectivity index (χ2v) is 15.2. The van der Waals surface area contributed by atoms with Crippen LogP contribution in [0.25, 0.3) is 0 Å². The molecule has 6 nitrogen and oxygen atoms in total. The molecule has 0 unspecified atom stereocenters. The Kier molecular flexibility index (Phi) is 16.9. The molecule has 7 heteroatoms. The lowest BCUT2D eigenvalue weighted by Gasteiger charge is -2.16. The zero-order valence-electron chi connectivity index (χ0n) is 29.0. The summed E-state index contributed by atoms with van der Waals surface area (Å²) in [5, 5.41) is 21.5. The highest BCUT2D eigenvalue weighted by Crippen LogP contribution is 2.31. The first kappa shape index (κ1) is 38.5. The summed E-state index contributed by atoms with van der Waals surface area (Å²) in [7, 11) is 0. The van der Waals surface area contributed by atoms with Crippen molar-refractivity contribution in [1.29, 1.82) is 0 Å². The van der Waals surface area contributed by atoms with Gasteiger partial charge in [-0.1, -0.05) is 79.7 Å². The zero-order chi connectivity index (χ0) is 33.5. The van der Waals surface area contributed by atoms with Gasteiger partial charge in [0.05, 0.1) is 0 Å². The predicted octanol–water partition coefficient (Wildman–Crippen LogP) is 8.28. The van der Waals surface area contributed by atoms with Crippen LogP contribution in [0.5, 0.6) is 11.5 Å². The van der Waals surface area contributed by atoms with Gasteiger partial charge in [0, 0.05) is 24.3 Å². The van der Waals surface area contributed by atoms with Gasteiger partial charge in [-0.2, -0.15) is 11.8 Å². The molecule has 0 spiro atoms. The number of phenolic OH excluding ortho intramolecular Hbond substituents is 2. The van der Waals surface area contributed by atoms with Gasteiger partial charge in [-0.25, -0.2) is 0 Å². The molecule has 0 bridgehead atoms. The van der Waals surface area contributed by atoms with Crippen molar-refractivity contribution in [1.82, 2.24) is 0 Å². The number of benzene rings is 2. The fraction of sp³-hybridized carbons (Fsp3) is 0.632. The Morgan fingerprint density at radius 1 is 0.578 bits per heavy atom. The third-order valence-electron chi connectivity index (χ3n) is 7.38. The van der Waals surface area contributed by atoms with Gasteiger partial charge in [0.1, 0.15) is 24.7 Å². The number of rotatable bonds is 20. The van der Waals surface area contributed by atoms with Crippen LogP contribution in [0.15, 0.2) is 24.3 Å². The topological polar surface area (TPSA) is 93.1 Å². The van der Waals surface area contributed by atoms with E-state index in [9.17, 15) is 19.8 Å². The van der Waals surface area contributed by atoms with Crippen LogP contribution in [-0.2, 0) is 57.6 Å². The molecule has 0 aliphatic rings. The Morgan fingerprint density at radius 3 is 1.13 bits per heavy atom. The normalized spacial score (nSPS) is 11.6. The Labute approximate surface area is 276 Å². The molecule has 45 heavy (non-hydrogen) atoms. The van der Waals surface area contributed by atoms with Crippen molar-refractivity contribution in [2.45, 2.75) is 107 Å². The Hall–Kier alpha value is -2.67. The minimum atomic E-state index is -0.228. The Morgan fingerprint density at radius 2 is 0.867 bits per heavy atom. The molecule has 2 aromatic rings. The van der Waals surface area contributed by atoms with Crippen molar-refractivity contribution >= 4 is 23.7 Å². The van der Waals surface area contributed by atoms with Gasteiger partial charge >= 0.3 is 11.9 Å². The molecule has 0 aliphatic carbocycles. The van der Waals surface area contributed by atoms with E-state index in [1.807, 2.05) is 24.3 Å². The van der Waals surface area contributed by atoms with Crippen molar-refractivity contribution < 1.29 is 29.3 Å². The summed E-state index contributed by atoms with van der Waals surface area (Å²) in [5.41, 5.74) is 5.94. The first-order valence-electron chi connectivity index (χ1n) is 16.8. The summed E-state index contributed by atoms with van der Waals surface area (Å²) in [4.78, 5) is 24.8. The number of carbonyl (C=O) groups excluding carboxylic acids is 2. The molecule has 252 valence electrons. The molecule has 0 atom stereocenters. The fourth-order valence-corrected chi connectivity index (χ4v) is 6.11. The van der Waals surface area contributed by atoms with Gasteiger partial charge in [0.15, 0.2) is 0 Å². The van der Waals surface area contributed by atoms with Crippen LogP contribution in [0.4, 0.5) is 0 Å². The second kappa shape index (κ2) is 19.8. The highest BCUT2D eigenvalue weighted by molar-refractivity contribution is 7.99. The number of hydrogen-bond donors (Lipinski definition) is 2. The van der Waals surface area contributed by atoms with E-state index < -0.39 is 0 Å².